The summed E-state index contributed by atoms with van der Waals surface area (Å²) in [6.45, 7) is 4.08. The Morgan fingerprint density at radius 3 is 2.47 bits per heavy atom. The summed E-state index contributed by atoms with van der Waals surface area (Å²) < 4.78 is 43.6. The lowest BCUT2D eigenvalue weighted by Crippen LogP contribution is -2.03. The monoisotopic (exact) mass is 270 g/mol. The van der Waals surface area contributed by atoms with Gasteiger partial charge in [-0.1, -0.05) is 26.3 Å². The average Bonchev–Trinajstić information content (AvgIpc) is 2.71. The third kappa shape index (κ3) is 2.77. The molecule has 0 atom stereocenters. The normalized spacial score (nSPS) is 12.3. The SMILES string of the molecule is CCCCc1oc2cc(C(F)(F)F)ccc2c1CC. The van der Waals surface area contributed by atoms with E-state index in [2.05, 4.69) is 6.92 Å². The minimum Gasteiger partial charge on any atom is -0.461 e. The molecule has 0 amide bonds. The summed E-state index contributed by atoms with van der Waals surface area (Å²) in [4.78, 5) is 0. The molecule has 104 valence electrons. The Labute approximate surface area is 110 Å². The van der Waals surface area contributed by atoms with Gasteiger partial charge in [-0.3, -0.25) is 0 Å². The Morgan fingerprint density at radius 1 is 1.16 bits per heavy atom. The summed E-state index contributed by atoms with van der Waals surface area (Å²) >= 11 is 0. The molecule has 0 bridgehead atoms. The van der Waals surface area contributed by atoms with Crippen molar-refractivity contribution in [1.29, 1.82) is 0 Å². The Balaban J connectivity index is 2.49. The molecule has 1 nitrogen and oxygen atoms in total. The maximum absolute atomic E-state index is 12.7. The lowest BCUT2D eigenvalue weighted by atomic mass is 10.0. The Bertz CT molecular complexity index is 567. The number of alkyl halides is 3. The zero-order valence-corrected chi connectivity index (χ0v) is 11.1. The fraction of sp³-hybridized carbons (Fsp3) is 0.467. The molecule has 0 saturated carbocycles. The van der Waals surface area contributed by atoms with Crippen molar-refractivity contribution in [3.63, 3.8) is 0 Å². The van der Waals surface area contributed by atoms with Crippen LogP contribution in [0.3, 0.4) is 0 Å². The molecule has 19 heavy (non-hydrogen) atoms. The van der Waals surface area contributed by atoms with Gasteiger partial charge in [0.05, 0.1) is 5.56 Å². The van der Waals surface area contributed by atoms with E-state index < -0.39 is 11.7 Å². The standard InChI is InChI=1S/C15H17F3O/c1-3-5-6-13-11(4-2)12-8-7-10(15(16,17)18)9-14(12)19-13/h7-9H,3-6H2,1-2H3. The molecule has 1 aromatic carbocycles. The van der Waals surface area contributed by atoms with Crippen LogP contribution in [0.5, 0.6) is 0 Å². The van der Waals surface area contributed by atoms with Crippen molar-refractivity contribution >= 4 is 11.0 Å². The molecule has 0 aliphatic rings. The molecule has 0 fully saturated rings. The molecule has 0 unspecified atom stereocenters. The minimum atomic E-state index is -4.32. The van der Waals surface area contributed by atoms with Gasteiger partial charge in [-0.25, -0.2) is 0 Å². The third-order valence-electron chi connectivity index (χ3n) is 3.31. The highest BCUT2D eigenvalue weighted by Gasteiger charge is 2.31. The number of halogens is 3. The molecule has 2 aromatic rings. The van der Waals surface area contributed by atoms with E-state index in [9.17, 15) is 13.2 Å². The predicted octanol–water partition coefficient (Wildman–Crippen LogP) is 5.36. The van der Waals surface area contributed by atoms with Crippen molar-refractivity contribution in [2.24, 2.45) is 0 Å². The topological polar surface area (TPSA) is 13.1 Å². The number of benzene rings is 1. The second kappa shape index (κ2) is 5.27. The van der Waals surface area contributed by atoms with Gasteiger partial charge >= 0.3 is 6.18 Å². The molecule has 0 spiro atoms. The highest BCUT2D eigenvalue weighted by Crippen LogP contribution is 2.34. The first-order valence-corrected chi connectivity index (χ1v) is 6.58. The molecule has 1 aromatic heterocycles. The fourth-order valence-electron chi connectivity index (χ4n) is 2.30. The zero-order chi connectivity index (χ0) is 14.0. The number of rotatable bonds is 4. The van der Waals surface area contributed by atoms with Crippen molar-refractivity contribution < 1.29 is 17.6 Å². The number of hydrogen-bond acceptors (Lipinski definition) is 1. The number of unbranched alkanes of at least 4 members (excludes halogenated alkanes) is 1. The van der Waals surface area contributed by atoms with Gasteiger partial charge in [-0.15, -0.1) is 0 Å². The Morgan fingerprint density at radius 2 is 1.89 bits per heavy atom. The van der Waals surface area contributed by atoms with Crippen molar-refractivity contribution in [3.8, 4) is 0 Å². The number of hydrogen-bond donors (Lipinski definition) is 0. The van der Waals surface area contributed by atoms with Crippen molar-refractivity contribution in [2.45, 2.75) is 45.7 Å². The van der Waals surface area contributed by atoms with Gasteiger partial charge in [0.1, 0.15) is 11.3 Å². The lowest BCUT2D eigenvalue weighted by molar-refractivity contribution is -0.137. The number of aryl methyl sites for hydroxylation is 2. The van der Waals surface area contributed by atoms with E-state index in [1.807, 2.05) is 6.92 Å². The van der Waals surface area contributed by atoms with Gasteiger partial charge in [-0.05, 0) is 25.0 Å². The lowest BCUT2D eigenvalue weighted by Gasteiger charge is -2.05. The summed E-state index contributed by atoms with van der Waals surface area (Å²) in [6, 6.07) is 3.75. The molecule has 0 aliphatic heterocycles. The maximum Gasteiger partial charge on any atom is 0.416 e. The molecule has 2 rings (SSSR count). The average molecular weight is 270 g/mol. The van der Waals surface area contributed by atoms with Gasteiger partial charge in [0, 0.05) is 17.4 Å². The van der Waals surface area contributed by atoms with E-state index in [-0.39, 0.29) is 0 Å². The predicted molar refractivity (Wildman–Crippen MR) is 69.2 cm³/mol. The van der Waals surface area contributed by atoms with Crippen molar-refractivity contribution in [3.05, 3.63) is 35.1 Å². The molecule has 0 N–H and O–H groups in total. The van der Waals surface area contributed by atoms with Crippen LogP contribution in [0.4, 0.5) is 13.2 Å². The molecule has 0 aliphatic carbocycles. The van der Waals surface area contributed by atoms with Crippen LogP contribution in [0.1, 0.15) is 43.6 Å². The van der Waals surface area contributed by atoms with Gasteiger partial charge in [0.2, 0.25) is 0 Å². The van der Waals surface area contributed by atoms with Crippen LogP contribution in [-0.2, 0) is 19.0 Å². The smallest absolute Gasteiger partial charge is 0.416 e. The van der Waals surface area contributed by atoms with Crippen LogP contribution < -0.4 is 0 Å². The molecule has 0 saturated heterocycles. The molecule has 0 radical (unpaired) electrons. The summed E-state index contributed by atoms with van der Waals surface area (Å²) in [6.07, 6.45) is -0.739. The van der Waals surface area contributed by atoms with E-state index in [4.69, 9.17) is 4.42 Å². The first-order valence-electron chi connectivity index (χ1n) is 6.58. The second-order valence-corrected chi connectivity index (χ2v) is 4.67. The van der Waals surface area contributed by atoms with Gasteiger partial charge in [-0.2, -0.15) is 13.2 Å². The van der Waals surface area contributed by atoms with E-state index in [0.29, 0.717) is 5.58 Å². The van der Waals surface area contributed by atoms with Crippen LogP contribution in [0.2, 0.25) is 0 Å². The number of furan rings is 1. The minimum absolute atomic E-state index is 0.345. The highest BCUT2D eigenvalue weighted by molar-refractivity contribution is 5.83. The van der Waals surface area contributed by atoms with Gasteiger partial charge < -0.3 is 4.42 Å². The number of fused-ring (bicyclic) bond motifs is 1. The van der Waals surface area contributed by atoms with E-state index in [1.54, 1.807) is 0 Å². The Hall–Kier alpha value is -1.45. The highest BCUT2D eigenvalue weighted by atomic mass is 19.4. The van der Waals surface area contributed by atoms with Crippen LogP contribution in [0.25, 0.3) is 11.0 Å². The molecular formula is C15H17F3O. The summed E-state index contributed by atoms with van der Waals surface area (Å²) in [5.74, 6) is 0.832. The zero-order valence-electron chi connectivity index (χ0n) is 11.1. The summed E-state index contributed by atoms with van der Waals surface area (Å²) in [7, 11) is 0. The largest absolute Gasteiger partial charge is 0.461 e. The van der Waals surface area contributed by atoms with Crippen molar-refractivity contribution in [2.75, 3.05) is 0 Å². The second-order valence-electron chi connectivity index (χ2n) is 4.67. The molecule has 4 heteroatoms. The quantitative estimate of drug-likeness (QED) is 0.729. The molecular weight excluding hydrogens is 253 g/mol. The van der Waals surface area contributed by atoms with Crippen LogP contribution in [0.15, 0.2) is 22.6 Å². The Kier molecular flexibility index (Phi) is 3.88. The van der Waals surface area contributed by atoms with Crippen LogP contribution in [0, 0.1) is 0 Å². The van der Waals surface area contributed by atoms with Gasteiger partial charge in [0.15, 0.2) is 0 Å². The van der Waals surface area contributed by atoms with E-state index >= 15 is 0 Å². The van der Waals surface area contributed by atoms with E-state index in [1.165, 1.54) is 6.07 Å². The van der Waals surface area contributed by atoms with Gasteiger partial charge in [0.25, 0.3) is 0 Å². The third-order valence-corrected chi connectivity index (χ3v) is 3.31. The van der Waals surface area contributed by atoms with Crippen molar-refractivity contribution in [1.82, 2.24) is 0 Å². The summed E-state index contributed by atoms with van der Waals surface area (Å²) in [5, 5.41) is 0.807. The van der Waals surface area contributed by atoms with Crippen LogP contribution >= 0.6 is 0 Å². The van der Waals surface area contributed by atoms with Crippen LogP contribution in [-0.4, -0.2) is 0 Å². The fourth-order valence-corrected chi connectivity index (χ4v) is 2.30. The van der Waals surface area contributed by atoms with E-state index in [0.717, 1.165) is 54.5 Å². The first-order chi connectivity index (χ1) is 8.97. The maximum atomic E-state index is 12.7. The summed E-state index contributed by atoms with van der Waals surface area (Å²) in [5.41, 5.74) is 0.730. The first kappa shape index (κ1) is 14.0. The molecule has 1 heterocycles.